The predicted octanol–water partition coefficient (Wildman–Crippen LogP) is 2.15. The van der Waals surface area contributed by atoms with Gasteiger partial charge in [0, 0.05) is 16.6 Å². The third kappa shape index (κ3) is 3.65. The van der Waals surface area contributed by atoms with Crippen LogP contribution in [0.2, 0.25) is 0 Å². The first-order valence-electron chi connectivity index (χ1n) is 7.46. The van der Waals surface area contributed by atoms with E-state index in [-0.39, 0.29) is 18.9 Å². The fraction of sp³-hybridized carbons (Fsp3) is 0.312. The second-order valence-electron chi connectivity index (χ2n) is 5.50. The molecule has 1 unspecified atom stereocenters. The van der Waals surface area contributed by atoms with Crippen molar-refractivity contribution < 1.29 is 19.4 Å². The minimum atomic E-state index is -0.955. The summed E-state index contributed by atoms with van der Waals surface area (Å²) >= 11 is 3.38. The topological polar surface area (TPSA) is 95.5 Å². The molecule has 1 atom stereocenters. The molecule has 2 heterocycles. The summed E-state index contributed by atoms with van der Waals surface area (Å²) in [7, 11) is 0. The van der Waals surface area contributed by atoms with Gasteiger partial charge in [-0.1, -0.05) is 28.1 Å². The number of benzene rings is 1. The Balaban J connectivity index is 1.79. The van der Waals surface area contributed by atoms with Crippen LogP contribution in [0.3, 0.4) is 0 Å². The quantitative estimate of drug-likeness (QED) is 0.829. The SMILES string of the molecule is O=C(O)CC1COCCN1C(=O)c1cc(-c2ccc(Br)cc2)n[nH]1. The van der Waals surface area contributed by atoms with Crippen LogP contribution >= 0.6 is 15.9 Å². The van der Waals surface area contributed by atoms with Crippen molar-refractivity contribution in [2.45, 2.75) is 12.5 Å². The standard InChI is InChI=1S/C16H16BrN3O4/c17-11-3-1-10(2-4-11)13-8-14(19-18-13)16(23)20-5-6-24-9-12(20)7-15(21)22/h1-4,8,12H,5-7,9H2,(H,18,19)(H,21,22). The van der Waals surface area contributed by atoms with Crippen molar-refractivity contribution in [3.8, 4) is 11.3 Å². The predicted molar refractivity (Wildman–Crippen MR) is 89.6 cm³/mol. The number of hydrogen-bond acceptors (Lipinski definition) is 4. The number of ether oxygens (including phenoxy) is 1. The largest absolute Gasteiger partial charge is 0.481 e. The number of carbonyl (C=O) groups is 2. The molecule has 1 aliphatic heterocycles. The number of halogens is 1. The number of aliphatic carboxylic acids is 1. The molecule has 3 rings (SSSR count). The molecule has 2 aromatic rings. The van der Waals surface area contributed by atoms with E-state index in [2.05, 4.69) is 26.1 Å². The lowest BCUT2D eigenvalue weighted by Gasteiger charge is -2.34. The summed E-state index contributed by atoms with van der Waals surface area (Å²) in [4.78, 5) is 25.2. The van der Waals surface area contributed by atoms with Gasteiger partial charge in [0.2, 0.25) is 0 Å². The van der Waals surface area contributed by atoms with Gasteiger partial charge in [-0.15, -0.1) is 0 Å². The Hall–Kier alpha value is -2.19. The lowest BCUT2D eigenvalue weighted by molar-refractivity contribution is -0.139. The van der Waals surface area contributed by atoms with Crippen LogP contribution in [0.25, 0.3) is 11.3 Å². The molecule has 1 aromatic carbocycles. The number of aromatic nitrogens is 2. The van der Waals surface area contributed by atoms with Gasteiger partial charge in [0.15, 0.2) is 0 Å². The third-order valence-electron chi connectivity index (χ3n) is 3.85. The molecule has 8 heteroatoms. The van der Waals surface area contributed by atoms with Crippen LogP contribution in [-0.2, 0) is 9.53 Å². The lowest BCUT2D eigenvalue weighted by atomic mass is 10.1. The van der Waals surface area contributed by atoms with Gasteiger partial charge >= 0.3 is 5.97 Å². The van der Waals surface area contributed by atoms with E-state index in [1.165, 1.54) is 4.90 Å². The van der Waals surface area contributed by atoms with Crippen LogP contribution < -0.4 is 0 Å². The average Bonchev–Trinajstić information content (AvgIpc) is 3.05. The van der Waals surface area contributed by atoms with Gasteiger partial charge < -0.3 is 14.7 Å². The van der Waals surface area contributed by atoms with Crippen molar-refractivity contribution in [2.75, 3.05) is 19.8 Å². The molecule has 2 N–H and O–H groups in total. The maximum Gasteiger partial charge on any atom is 0.305 e. The van der Waals surface area contributed by atoms with E-state index in [0.717, 1.165) is 10.0 Å². The van der Waals surface area contributed by atoms with E-state index < -0.39 is 12.0 Å². The molecule has 1 aliphatic rings. The van der Waals surface area contributed by atoms with E-state index in [9.17, 15) is 9.59 Å². The summed E-state index contributed by atoms with van der Waals surface area (Å²) < 4.78 is 6.26. The molecule has 0 bridgehead atoms. The molecule has 0 radical (unpaired) electrons. The van der Waals surface area contributed by atoms with Crippen LogP contribution in [0.1, 0.15) is 16.9 Å². The van der Waals surface area contributed by atoms with Gasteiger partial charge in [-0.3, -0.25) is 14.7 Å². The second kappa shape index (κ2) is 7.14. The zero-order valence-electron chi connectivity index (χ0n) is 12.7. The number of aromatic amines is 1. The monoisotopic (exact) mass is 393 g/mol. The number of carbonyl (C=O) groups excluding carboxylic acids is 1. The Bertz CT molecular complexity index is 744. The second-order valence-corrected chi connectivity index (χ2v) is 6.41. The molecule has 0 saturated carbocycles. The minimum Gasteiger partial charge on any atom is -0.481 e. The van der Waals surface area contributed by atoms with Gasteiger partial charge in [0.25, 0.3) is 5.91 Å². The van der Waals surface area contributed by atoms with Crippen molar-refractivity contribution in [2.24, 2.45) is 0 Å². The summed E-state index contributed by atoms with van der Waals surface area (Å²) in [6.07, 6.45) is -0.139. The van der Waals surface area contributed by atoms with Gasteiger partial charge in [0.05, 0.1) is 31.4 Å². The number of nitrogens with one attached hydrogen (secondary N) is 1. The Labute approximate surface area is 146 Å². The number of amides is 1. The molecule has 0 spiro atoms. The summed E-state index contributed by atoms with van der Waals surface area (Å²) in [5.41, 5.74) is 1.89. The Morgan fingerprint density at radius 3 is 2.83 bits per heavy atom. The molecule has 1 amide bonds. The van der Waals surface area contributed by atoms with E-state index >= 15 is 0 Å². The molecule has 1 fully saturated rings. The number of morpholine rings is 1. The van der Waals surface area contributed by atoms with Crippen molar-refractivity contribution in [1.82, 2.24) is 15.1 Å². The number of carboxylic acid groups (broad SMARTS) is 1. The lowest BCUT2D eigenvalue weighted by Crippen LogP contribution is -2.49. The van der Waals surface area contributed by atoms with Gasteiger partial charge in [-0.2, -0.15) is 5.10 Å². The molecule has 1 saturated heterocycles. The number of nitrogens with zero attached hydrogens (tertiary/aromatic N) is 2. The number of rotatable bonds is 4. The van der Waals surface area contributed by atoms with Crippen LogP contribution in [0, 0.1) is 0 Å². The molecular formula is C16H16BrN3O4. The van der Waals surface area contributed by atoms with Crippen LogP contribution in [-0.4, -0.2) is 57.9 Å². The number of hydrogen-bond donors (Lipinski definition) is 2. The van der Waals surface area contributed by atoms with Crippen molar-refractivity contribution in [3.63, 3.8) is 0 Å². The first-order valence-corrected chi connectivity index (χ1v) is 8.26. The fourth-order valence-electron chi connectivity index (χ4n) is 2.65. The summed E-state index contributed by atoms with van der Waals surface area (Å²) in [5, 5.41) is 15.9. The number of H-pyrrole nitrogens is 1. The zero-order valence-corrected chi connectivity index (χ0v) is 14.3. The highest BCUT2D eigenvalue weighted by molar-refractivity contribution is 9.10. The fourth-order valence-corrected chi connectivity index (χ4v) is 2.91. The molecule has 126 valence electrons. The van der Waals surface area contributed by atoms with E-state index in [0.29, 0.717) is 24.5 Å². The van der Waals surface area contributed by atoms with Crippen molar-refractivity contribution in [1.29, 1.82) is 0 Å². The van der Waals surface area contributed by atoms with Gasteiger partial charge in [0.1, 0.15) is 5.69 Å². The summed E-state index contributed by atoms with van der Waals surface area (Å²) in [5.74, 6) is -1.22. The highest BCUT2D eigenvalue weighted by Crippen LogP contribution is 2.22. The van der Waals surface area contributed by atoms with E-state index in [4.69, 9.17) is 9.84 Å². The Morgan fingerprint density at radius 1 is 1.38 bits per heavy atom. The minimum absolute atomic E-state index is 0.139. The normalized spacial score (nSPS) is 17.7. The summed E-state index contributed by atoms with van der Waals surface area (Å²) in [6, 6.07) is 8.81. The highest BCUT2D eigenvalue weighted by atomic mass is 79.9. The van der Waals surface area contributed by atoms with Gasteiger partial charge in [-0.25, -0.2) is 0 Å². The maximum absolute atomic E-state index is 12.7. The third-order valence-corrected chi connectivity index (χ3v) is 4.38. The van der Waals surface area contributed by atoms with Crippen LogP contribution in [0.5, 0.6) is 0 Å². The number of carboxylic acids is 1. The Morgan fingerprint density at radius 2 is 2.12 bits per heavy atom. The van der Waals surface area contributed by atoms with Crippen LogP contribution in [0.15, 0.2) is 34.8 Å². The Kier molecular flexibility index (Phi) is 4.96. The molecule has 1 aromatic heterocycles. The summed E-state index contributed by atoms with van der Waals surface area (Å²) in [6.45, 7) is 0.991. The molecular weight excluding hydrogens is 378 g/mol. The average molecular weight is 394 g/mol. The van der Waals surface area contributed by atoms with E-state index in [1.54, 1.807) is 6.07 Å². The highest BCUT2D eigenvalue weighted by Gasteiger charge is 2.30. The van der Waals surface area contributed by atoms with E-state index in [1.807, 2.05) is 24.3 Å². The first-order chi connectivity index (χ1) is 11.5. The van der Waals surface area contributed by atoms with Crippen molar-refractivity contribution >= 4 is 27.8 Å². The maximum atomic E-state index is 12.7. The molecule has 0 aliphatic carbocycles. The van der Waals surface area contributed by atoms with Crippen molar-refractivity contribution in [3.05, 3.63) is 40.5 Å². The smallest absolute Gasteiger partial charge is 0.305 e. The first kappa shape index (κ1) is 16.7. The molecule has 7 nitrogen and oxygen atoms in total. The molecule has 24 heavy (non-hydrogen) atoms. The zero-order chi connectivity index (χ0) is 17.1. The van der Waals surface area contributed by atoms with Gasteiger partial charge in [-0.05, 0) is 18.2 Å². The van der Waals surface area contributed by atoms with Crippen LogP contribution in [0.4, 0.5) is 0 Å².